The molecule has 2 N–H and O–H groups in total. The van der Waals surface area contributed by atoms with E-state index in [1.54, 1.807) is 6.92 Å². The van der Waals surface area contributed by atoms with E-state index in [0.717, 1.165) is 12.1 Å². The molecule has 0 saturated carbocycles. The summed E-state index contributed by atoms with van der Waals surface area (Å²) in [6.45, 7) is 1.57. The maximum Gasteiger partial charge on any atom is 0.416 e. The van der Waals surface area contributed by atoms with E-state index in [-0.39, 0.29) is 11.3 Å². The number of nitrogens with zero attached hydrogens (tertiary/aromatic N) is 1. The number of nitro groups is 1. The molecule has 0 bridgehead atoms. The number of carboxylic acids is 1. The smallest absolute Gasteiger partial charge is 0.416 e. The molecule has 0 saturated heterocycles. The van der Waals surface area contributed by atoms with Gasteiger partial charge in [-0.3, -0.25) is 10.1 Å². The van der Waals surface area contributed by atoms with Gasteiger partial charge in [0, 0.05) is 11.8 Å². The van der Waals surface area contributed by atoms with Crippen LogP contribution in [0.2, 0.25) is 0 Å². The van der Waals surface area contributed by atoms with Crippen molar-refractivity contribution in [2.75, 3.05) is 5.32 Å². The molecule has 0 aliphatic carbocycles. The van der Waals surface area contributed by atoms with Crippen LogP contribution in [0.3, 0.4) is 0 Å². The largest absolute Gasteiger partial charge is 0.478 e. The number of nitrogens with one attached hydrogen (secondary N) is 1. The molecule has 0 heterocycles. The predicted molar refractivity (Wildman–Crippen MR) is 79.5 cm³/mol. The zero-order valence-electron chi connectivity index (χ0n) is 12.2. The van der Waals surface area contributed by atoms with Gasteiger partial charge in [0.15, 0.2) is 0 Å². The van der Waals surface area contributed by atoms with Crippen molar-refractivity contribution in [3.8, 4) is 0 Å². The SMILES string of the molecule is Cc1cc(C(=O)O)ccc1Nc1ccc(C(F)(F)F)cc1[N+](=O)[O-]. The number of benzene rings is 2. The molecule has 0 aliphatic heterocycles. The van der Waals surface area contributed by atoms with Crippen LogP contribution in [0.4, 0.5) is 30.2 Å². The highest BCUT2D eigenvalue weighted by Crippen LogP contribution is 2.36. The van der Waals surface area contributed by atoms with Crippen LogP contribution in [-0.2, 0) is 6.18 Å². The van der Waals surface area contributed by atoms with Gasteiger partial charge in [0.05, 0.1) is 16.1 Å². The molecule has 0 spiro atoms. The fraction of sp³-hybridized carbons (Fsp3) is 0.133. The zero-order chi connectivity index (χ0) is 18.1. The molecule has 0 unspecified atom stereocenters. The standard InChI is InChI=1S/C15H11F3N2O4/c1-8-6-9(14(21)22)2-4-11(8)19-12-5-3-10(15(16,17)18)7-13(12)20(23)24/h2-7,19H,1H3,(H,21,22). The molecule has 0 fully saturated rings. The number of carbonyl (C=O) groups is 1. The molecule has 24 heavy (non-hydrogen) atoms. The van der Waals surface area contributed by atoms with E-state index >= 15 is 0 Å². The summed E-state index contributed by atoms with van der Waals surface area (Å²) in [6.07, 6.45) is -4.69. The lowest BCUT2D eigenvalue weighted by atomic mass is 10.1. The second-order valence-corrected chi connectivity index (χ2v) is 4.95. The molecule has 0 atom stereocenters. The second-order valence-electron chi connectivity index (χ2n) is 4.95. The molecule has 9 heteroatoms. The Kier molecular flexibility index (Phi) is 4.45. The summed E-state index contributed by atoms with van der Waals surface area (Å²) in [5.74, 6) is -1.13. The number of hydrogen-bond acceptors (Lipinski definition) is 4. The van der Waals surface area contributed by atoms with Gasteiger partial charge in [-0.05, 0) is 42.8 Å². The first-order valence-electron chi connectivity index (χ1n) is 6.56. The maximum absolute atomic E-state index is 12.7. The average Bonchev–Trinajstić information content (AvgIpc) is 2.48. The number of anilines is 2. The van der Waals surface area contributed by atoms with Gasteiger partial charge in [0.1, 0.15) is 5.69 Å². The molecular formula is C15H11F3N2O4. The molecule has 6 nitrogen and oxygen atoms in total. The fourth-order valence-electron chi connectivity index (χ4n) is 2.05. The van der Waals surface area contributed by atoms with Crippen LogP contribution < -0.4 is 5.32 Å². The normalized spacial score (nSPS) is 11.2. The summed E-state index contributed by atoms with van der Waals surface area (Å²) in [6, 6.07) is 6.17. The first-order chi connectivity index (χ1) is 11.1. The minimum absolute atomic E-state index is 0.0277. The van der Waals surface area contributed by atoms with Crippen molar-refractivity contribution in [1.82, 2.24) is 0 Å². The van der Waals surface area contributed by atoms with Gasteiger partial charge >= 0.3 is 12.1 Å². The first kappa shape index (κ1) is 17.3. The highest BCUT2D eigenvalue weighted by atomic mass is 19.4. The van der Waals surface area contributed by atoms with Gasteiger partial charge in [-0.2, -0.15) is 13.2 Å². The van der Waals surface area contributed by atoms with E-state index in [4.69, 9.17) is 5.11 Å². The second kappa shape index (κ2) is 6.19. The minimum Gasteiger partial charge on any atom is -0.478 e. The summed E-state index contributed by atoms with van der Waals surface area (Å²) >= 11 is 0. The van der Waals surface area contributed by atoms with Crippen molar-refractivity contribution >= 4 is 23.0 Å². The topological polar surface area (TPSA) is 92.5 Å². The zero-order valence-corrected chi connectivity index (χ0v) is 12.2. The Morgan fingerprint density at radius 3 is 2.29 bits per heavy atom. The van der Waals surface area contributed by atoms with Crippen LogP contribution in [0.1, 0.15) is 21.5 Å². The first-order valence-corrected chi connectivity index (χ1v) is 6.56. The third kappa shape index (κ3) is 3.62. The van der Waals surface area contributed by atoms with Crippen molar-refractivity contribution in [3.63, 3.8) is 0 Å². The number of hydrogen-bond donors (Lipinski definition) is 2. The number of carboxylic acid groups (broad SMARTS) is 1. The molecule has 2 rings (SSSR count). The highest BCUT2D eigenvalue weighted by molar-refractivity contribution is 5.89. The van der Waals surface area contributed by atoms with Crippen molar-refractivity contribution in [3.05, 3.63) is 63.2 Å². The van der Waals surface area contributed by atoms with E-state index < -0.39 is 28.3 Å². The van der Waals surface area contributed by atoms with Gasteiger partial charge in [0.25, 0.3) is 5.69 Å². The van der Waals surface area contributed by atoms with Crippen LogP contribution in [0.25, 0.3) is 0 Å². The quantitative estimate of drug-likeness (QED) is 0.637. The Morgan fingerprint density at radius 2 is 1.79 bits per heavy atom. The molecule has 0 aromatic heterocycles. The summed E-state index contributed by atoms with van der Waals surface area (Å²) < 4.78 is 38.0. The van der Waals surface area contributed by atoms with E-state index in [1.807, 2.05) is 0 Å². The molecule has 0 aliphatic rings. The lowest BCUT2D eigenvalue weighted by molar-refractivity contribution is -0.384. The number of nitro benzene ring substituents is 1. The molecule has 126 valence electrons. The molecule has 2 aromatic carbocycles. The number of halogens is 3. The fourth-order valence-corrected chi connectivity index (χ4v) is 2.05. The highest BCUT2D eigenvalue weighted by Gasteiger charge is 2.33. The van der Waals surface area contributed by atoms with E-state index in [0.29, 0.717) is 17.3 Å². The lowest BCUT2D eigenvalue weighted by Crippen LogP contribution is -2.07. The number of alkyl halides is 3. The predicted octanol–water partition coefficient (Wildman–Crippen LogP) is 4.36. The molecule has 0 radical (unpaired) electrons. The monoisotopic (exact) mass is 340 g/mol. The van der Waals surface area contributed by atoms with Crippen molar-refractivity contribution < 1.29 is 28.0 Å². The van der Waals surface area contributed by atoms with Gasteiger partial charge in [-0.15, -0.1) is 0 Å². The number of rotatable bonds is 4. The Hall–Kier alpha value is -3.10. The molecular weight excluding hydrogens is 329 g/mol. The van der Waals surface area contributed by atoms with Crippen LogP contribution in [0.5, 0.6) is 0 Å². The third-order valence-electron chi connectivity index (χ3n) is 3.26. The van der Waals surface area contributed by atoms with Gasteiger partial charge in [-0.1, -0.05) is 0 Å². The van der Waals surface area contributed by atoms with Crippen LogP contribution >= 0.6 is 0 Å². The van der Waals surface area contributed by atoms with Crippen molar-refractivity contribution in [1.29, 1.82) is 0 Å². The maximum atomic E-state index is 12.7. The summed E-state index contributed by atoms with van der Waals surface area (Å²) in [5, 5.41) is 22.6. The summed E-state index contributed by atoms with van der Waals surface area (Å²) in [5.41, 5.74) is -1.13. The van der Waals surface area contributed by atoms with Crippen LogP contribution in [0, 0.1) is 17.0 Å². The van der Waals surface area contributed by atoms with Crippen LogP contribution in [-0.4, -0.2) is 16.0 Å². The van der Waals surface area contributed by atoms with E-state index in [1.165, 1.54) is 18.2 Å². The van der Waals surface area contributed by atoms with Crippen molar-refractivity contribution in [2.45, 2.75) is 13.1 Å². The Labute approximate surface area is 133 Å². The van der Waals surface area contributed by atoms with Gasteiger partial charge < -0.3 is 10.4 Å². The number of aryl methyl sites for hydroxylation is 1. The van der Waals surface area contributed by atoms with Crippen LogP contribution in [0.15, 0.2) is 36.4 Å². The van der Waals surface area contributed by atoms with Gasteiger partial charge in [0.2, 0.25) is 0 Å². The third-order valence-corrected chi connectivity index (χ3v) is 3.26. The summed E-state index contributed by atoms with van der Waals surface area (Å²) in [7, 11) is 0. The summed E-state index contributed by atoms with van der Waals surface area (Å²) in [4.78, 5) is 21.0. The average molecular weight is 340 g/mol. The van der Waals surface area contributed by atoms with E-state index in [9.17, 15) is 28.1 Å². The van der Waals surface area contributed by atoms with E-state index in [2.05, 4.69) is 5.32 Å². The Balaban J connectivity index is 2.43. The Morgan fingerprint density at radius 1 is 1.17 bits per heavy atom. The van der Waals surface area contributed by atoms with Crippen molar-refractivity contribution in [2.24, 2.45) is 0 Å². The molecule has 2 aromatic rings. The lowest BCUT2D eigenvalue weighted by Gasteiger charge is -2.12. The molecule has 0 amide bonds. The Bertz CT molecular complexity index is 819. The van der Waals surface area contributed by atoms with Gasteiger partial charge in [-0.25, -0.2) is 4.79 Å². The minimum atomic E-state index is -4.69. The number of aromatic carboxylic acids is 1.